The molecule has 37 heavy (non-hydrogen) atoms. The van der Waals surface area contributed by atoms with Gasteiger partial charge in [0, 0.05) is 16.0 Å². The average molecular weight is 534 g/mol. The Hall–Kier alpha value is -4.21. The summed E-state index contributed by atoms with van der Waals surface area (Å²) >= 11 is 6.97. The van der Waals surface area contributed by atoms with Gasteiger partial charge in [-0.05, 0) is 47.7 Å². The highest BCUT2D eigenvalue weighted by Gasteiger charge is 2.21. The molecule has 8 nitrogen and oxygen atoms in total. The minimum atomic E-state index is -1.14. The number of carbonyl (C=O) groups is 1. The van der Waals surface area contributed by atoms with Crippen LogP contribution in [0.2, 0.25) is 5.02 Å². The molecule has 0 spiro atoms. The number of hydrogen-bond donors (Lipinski definition) is 2. The Balaban J connectivity index is 1.59. The highest BCUT2D eigenvalue weighted by Crippen LogP contribution is 2.39. The predicted octanol–water partition coefficient (Wildman–Crippen LogP) is 6.77. The van der Waals surface area contributed by atoms with Gasteiger partial charge in [0.05, 0.1) is 31.0 Å². The number of carboxylic acids is 1. The fourth-order valence-corrected chi connectivity index (χ4v) is 4.76. The molecular weight excluding hydrogens is 514 g/mol. The zero-order valence-electron chi connectivity index (χ0n) is 19.7. The second-order valence-corrected chi connectivity index (χ2v) is 9.23. The number of fused-ring (bicyclic) bond motifs is 1. The first kappa shape index (κ1) is 24.5. The number of nitrogens with one attached hydrogen (secondary N) is 1. The van der Waals surface area contributed by atoms with E-state index in [1.165, 1.54) is 7.11 Å². The van der Waals surface area contributed by atoms with E-state index in [0.29, 0.717) is 27.6 Å². The third-order valence-electron chi connectivity index (χ3n) is 5.60. The molecule has 2 heterocycles. The van der Waals surface area contributed by atoms with Crippen LogP contribution in [0.25, 0.3) is 39.7 Å². The maximum absolute atomic E-state index is 12.3. The highest BCUT2D eigenvalue weighted by molar-refractivity contribution is 8.03. The molecule has 0 aliphatic heterocycles. The Kier molecular flexibility index (Phi) is 6.89. The normalized spacial score (nSPS) is 11.6. The summed E-state index contributed by atoms with van der Waals surface area (Å²) in [4.78, 5) is 15.7. The van der Waals surface area contributed by atoms with Crippen LogP contribution in [-0.4, -0.2) is 40.5 Å². The Labute approximate surface area is 220 Å². The van der Waals surface area contributed by atoms with Crippen LogP contribution in [-0.2, 0) is 4.79 Å². The fourth-order valence-electron chi connectivity index (χ4n) is 3.93. The van der Waals surface area contributed by atoms with Gasteiger partial charge in [0.15, 0.2) is 0 Å². The van der Waals surface area contributed by atoms with E-state index in [1.54, 1.807) is 31.4 Å². The lowest BCUT2D eigenvalue weighted by molar-refractivity contribution is -0.131. The van der Waals surface area contributed by atoms with Gasteiger partial charge in [-0.15, -0.1) is 10.2 Å². The maximum Gasteiger partial charge on any atom is 0.342 e. The molecule has 2 aromatic heterocycles. The monoisotopic (exact) mass is 533 g/mol. The van der Waals surface area contributed by atoms with E-state index < -0.39 is 5.97 Å². The van der Waals surface area contributed by atoms with Crippen molar-refractivity contribution in [2.75, 3.05) is 14.2 Å². The number of halogens is 1. The van der Waals surface area contributed by atoms with E-state index >= 15 is 0 Å². The molecule has 0 unspecified atom stereocenters. The molecule has 186 valence electrons. The van der Waals surface area contributed by atoms with Crippen molar-refractivity contribution in [1.29, 1.82) is 0 Å². The lowest BCUT2D eigenvalue weighted by atomic mass is 10.0. The first-order chi connectivity index (χ1) is 18.0. The molecule has 0 saturated heterocycles. The molecule has 0 atom stereocenters. The molecule has 3 aromatic carbocycles. The number of aliphatic carboxylic acids is 1. The minimum Gasteiger partial charge on any atom is -0.496 e. The Morgan fingerprint density at radius 1 is 1.03 bits per heavy atom. The summed E-state index contributed by atoms with van der Waals surface area (Å²) in [6, 6.07) is 20.3. The molecule has 0 amide bonds. The summed E-state index contributed by atoms with van der Waals surface area (Å²) in [6.07, 6.45) is 1.59. The molecule has 0 radical (unpaired) electrons. The summed E-state index contributed by atoms with van der Waals surface area (Å²) < 4.78 is 16.7. The molecule has 0 saturated carbocycles. The van der Waals surface area contributed by atoms with Crippen molar-refractivity contribution in [3.05, 3.63) is 82.2 Å². The third-order valence-corrected chi connectivity index (χ3v) is 6.69. The molecule has 0 aliphatic rings. The van der Waals surface area contributed by atoms with Gasteiger partial charge in [-0.3, -0.25) is 0 Å². The van der Waals surface area contributed by atoms with E-state index in [9.17, 15) is 9.90 Å². The molecule has 5 rings (SSSR count). The van der Waals surface area contributed by atoms with Crippen LogP contribution in [0, 0.1) is 0 Å². The second-order valence-electron chi connectivity index (χ2n) is 7.80. The van der Waals surface area contributed by atoms with Crippen LogP contribution in [0.5, 0.6) is 11.5 Å². The Morgan fingerprint density at radius 2 is 1.81 bits per heavy atom. The summed E-state index contributed by atoms with van der Waals surface area (Å²) in [5, 5.41) is 19.5. The Bertz CT molecular complexity index is 1630. The average Bonchev–Trinajstić information content (AvgIpc) is 3.53. The van der Waals surface area contributed by atoms with Crippen molar-refractivity contribution in [3.63, 3.8) is 0 Å². The van der Waals surface area contributed by atoms with Crippen molar-refractivity contribution in [3.8, 4) is 34.2 Å². The van der Waals surface area contributed by atoms with Crippen molar-refractivity contribution in [1.82, 2.24) is 15.2 Å². The number of aromatic amines is 1. The van der Waals surface area contributed by atoms with Crippen LogP contribution in [0.1, 0.15) is 5.56 Å². The van der Waals surface area contributed by atoms with E-state index in [0.717, 1.165) is 33.9 Å². The van der Waals surface area contributed by atoms with Gasteiger partial charge in [-0.2, -0.15) is 0 Å². The topological polar surface area (TPSA) is 110 Å². The van der Waals surface area contributed by atoms with Crippen LogP contribution in [0.4, 0.5) is 0 Å². The molecular formula is C27H20ClN3O5S. The number of hydrogen-bond acceptors (Lipinski definition) is 7. The van der Waals surface area contributed by atoms with Crippen LogP contribution in [0.15, 0.2) is 81.3 Å². The third kappa shape index (κ3) is 4.91. The number of thioether (sulfide) groups is 1. The predicted molar refractivity (Wildman–Crippen MR) is 143 cm³/mol. The van der Waals surface area contributed by atoms with Crippen LogP contribution < -0.4 is 9.47 Å². The summed E-state index contributed by atoms with van der Waals surface area (Å²) in [6.45, 7) is 0. The van der Waals surface area contributed by atoms with E-state index in [1.807, 2.05) is 48.5 Å². The second kappa shape index (κ2) is 10.4. The molecule has 5 aromatic rings. The van der Waals surface area contributed by atoms with Crippen LogP contribution >= 0.6 is 23.4 Å². The standard InChI is InChI=1S/C27H20ClN3O5S/c1-34-20-12-11-16(28)13-19(20)25-30-31-27(36-25)37-22(26(32)33)14-18-17-9-6-10-21(35-2)24(17)29-23(18)15-7-4-3-5-8-15/h3-14,29H,1-2H3,(H,32,33)/b22-14-. The fraction of sp³-hybridized carbons (Fsp3) is 0.0741. The number of H-pyrrole nitrogens is 1. The summed E-state index contributed by atoms with van der Waals surface area (Å²) in [5.41, 5.74) is 3.62. The molecule has 0 bridgehead atoms. The molecule has 2 N–H and O–H groups in total. The van der Waals surface area contributed by atoms with Crippen molar-refractivity contribution in [2.24, 2.45) is 0 Å². The lowest BCUT2D eigenvalue weighted by Crippen LogP contribution is -1.97. The van der Waals surface area contributed by atoms with Gasteiger partial charge in [-0.25, -0.2) is 4.79 Å². The van der Waals surface area contributed by atoms with Crippen LogP contribution in [0.3, 0.4) is 0 Å². The van der Waals surface area contributed by atoms with Crippen molar-refractivity contribution in [2.45, 2.75) is 5.22 Å². The number of methoxy groups -OCH3 is 2. The van der Waals surface area contributed by atoms with Gasteiger partial charge < -0.3 is 24.0 Å². The van der Waals surface area contributed by atoms with Gasteiger partial charge in [0.1, 0.15) is 16.4 Å². The number of nitrogens with zero attached hydrogens (tertiary/aromatic N) is 2. The van der Waals surface area contributed by atoms with Gasteiger partial charge in [0.25, 0.3) is 11.1 Å². The maximum atomic E-state index is 12.3. The number of para-hydroxylation sites is 1. The number of benzene rings is 3. The minimum absolute atomic E-state index is 0.00541. The number of ether oxygens (including phenoxy) is 2. The van der Waals surface area contributed by atoms with E-state index in [4.69, 9.17) is 25.5 Å². The summed E-state index contributed by atoms with van der Waals surface area (Å²) in [5.74, 6) is 0.171. The quantitative estimate of drug-likeness (QED) is 0.166. The smallest absolute Gasteiger partial charge is 0.342 e. The lowest BCUT2D eigenvalue weighted by Gasteiger charge is -2.05. The van der Waals surface area contributed by atoms with Crippen molar-refractivity contribution < 1.29 is 23.8 Å². The molecule has 10 heteroatoms. The van der Waals surface area contributed by atoms with Crippen molar-refractivity contribution >= 4 is 46.3 Å². The SMILES string of the molecule is COc1ccc(Cl)cc1-c1nnc(S/C(=C\c2c(-c3ccccc3)[nH]c3c(OC)cccc23)C(=O)O)o1. The highest BCUT2D eigenvalue weighted by atomic mass is 35.5. The largest absolute Gasteiger partial charge is 0.496 e. The first-order valence-corrected chi connectivity index (χ1v) is 12.2. The molecule has 0 aliphatic carbocycles. The van der Waals surface area contributed by atoms with E-state index in [-0.39, 0.29) is 16.0 Å². The summed E-state index contributed by atoms with van der Waals surface area (Å²) in [7, 11) is 3.11. The number of carboxylic acid groups (broad SMARTS) is 1. The first-order valence-electron chi connectivity index (χ1n) is 11.0. The van der Waals surface area contributed by atoms with Gasteiger partial charge in [0.2, 0.25) is 0 Å². The Morgan fingerprint density at radius 3 is 2.54 bits per heavy atom. The zero-order chi connectivity index (χ0) is 25.9. The number of rotatable bonds is 8. The molecule has 0 fully saturated rings. The van der Waals surface area contributed by atoms with E-state index in [2.05, 4.69) is 15.2 Å². The zero-order valence-corrected chi connectivity index (χ0v) is 21.3. The van der Waals surface area contributed by atoms with Gasteiger partial charge >= 0.3 is 5.97 Å². The number of aromatic nitrogens is 3. The van der Waals surface area contributed by atoms with Gasteiger partial charge in [-0.1, -0.05) is 54.1 Å².